The topological polar surface area (TPSA) is 94.5 Å². The Bertz CT molecular complexity index is 868. The third-order valence-corrected chi connectivity index (χ3v) is 3.86. The number of carbonyl (C=O) groups is 2. The molecule has 1 heterocycles. The van der Waals surface area contributed by atoms with Crippen LogP contribution in [0.4, 0.5) is 14.5 Å². The molecule has 10 heteroatoms. The number of carbonyl (C=O) groups excluding carboxylic acids is 2. The molecule has 0 aliphatic heterocycles. The Balaban J connectivity index is 2.24. The van der Waals surface area contributed by atoms with E-state index >= 15 is 0 Å². The average Bonchev–Trinajstić information content (AvgIpc) is 3.08. The molecule has 1 aromatic heterocycles. The first-order valence-corrected chi connectivity index (χ1v) is 9.05. The second kappa shape index (κ2) is 9.85. The molecule has 29 heavy (non-hydrogen) atoms. The summed E-state index contributed by atoms with van der Waals surface area (Å²) in [6.07, 6.45) is 1.55. The Morgan fingerprint density at radius 2 is 1.93 bits per heavy atom. The number of rotatable bonds is 9. The number of halogens is 2. The van der Waals surface area contributed by atoms with Crippen molar-refractivity contribution in [1.82, 2.24) is 15.1 Å². The number of nitrogens with zero attached hydrogens (tertiary/aromatic N) is 2. The summed E-state index contributed by atoms with van der Waals surface area (Å²) in [5, 5.41) is 9.59. The highest BCUT2D eigenvalue weighted by Gasteiger charge is 2.20. The minimum atomic E-state index is -3.02. The summed E-state index contributed by atoms with van der Waals surface area (Å²) in [6, 6.07) is 3.81. The van der Waals surface area contributed by atoms with Crippen LogP contribution >= 0.6 is 0 Å². The van der Waals surface area contributed by atoms with Crippen molar-refractivity contribution in [3.8, 4) is 11.5 Å². The number of nitrogens with one attached hydrogen (secondary N) is 2. The van der Waals surface area contributed by atoms with Gasteiger partial charge in [0.25, 0.3) is 11.8 Å². The van der Waals surface area contributed by atoms with E-state index in [1.807, 2.05) is 20.8 Å². The molecule has 0 saturated carbocycles. The Hall–Kier alpha value is -3.17. The van der Waals surface area contributed by atoms with Gasteiger partial charge in [-0.3, -0.25) is 14.3 Å². The van der Waals surface area contributed by atoms with Crippen LogP contribution in [-0.2, 0) is 6.54 Å². The fourth-order valence-electron chi connectivity index (χ4n) is 2.42. The van der Waals surface area contributed by atoms with E-state index in [4.69, 9.17) is 4.74 Å². The van der Waals surface area contributed by atoms with Crippen LogP contribution in [0, 0.1) is 5.92 Å². The summed E-state index contributed by atoms with van der Waals surface area (Å²) in [7, 11) is 1.28. The second-order valence-electron chi connectivity index (χ2n) is 6.55. The Morgan fingerprint density at radius 1 is 1.21 bits per heavy atom. The summed E-state index contributed by atoms with van der Waals surface area (Å²) >= 11 is 0. The van der Waals surface area contributed by atoms with Gasteiger partial charge in [0.05, 0.1) is 12.8 Å². The lowest BCUT2D eigenvalue weighted by atomic mass is 10.2. The van der Waals surface area contributed by atoms with Crippen LogP contribution in [0.15, 0.2) is 24.4 Å². The van der Waals surface area contributed by atoms with Gasteiger partial charge in [-0.05, 0) is 31.0 Å². The fraction of sp³-hybridized carbons (Fsp3) is 0.421. The standard InChI is InChI=1S/C19H24F2N4O4/c1-5-25-10-13(16(24-25)18(27)22-9-11(2)3)23-17(26)12-6-7-14(29-19(20)21)15(8-12)28-4/h6-8,10-11,19H,5,9H2,1-4H3,(H,22,27)(H,23,26). The fourth-order valence-corrected chi connectivity index (χ4v) is 2.42. The van der Waals surface area contributed by atoms with E-state index in [-0.39, 0.29) is 34.4 Å². The summed E-state index contributed by atoms with van der Waals surface area (Å²) in [5.41, 5.74) is 0.469. The lowest BCUT2D eigenvalue weighted by molar-refractivity contribution is -0.0512. The van der Waals surface area contributed by atoms with Gasteiger partial charge >= 0.3 is 6.61 Å². The van der Waals surface area contributed by atoms with Gasteiger partial charge in [-0.15, -0.1) is 0 Å². The van der Waals surface area contributed by atoms with Crippen molar-refractivity contribution in [2.24, 2.45) is 5.92 Å². The minimum absolute atomic E-state index is 0.0166. The monoisotopic (exact) mass is 410 g/mol. The summed E-state index contributed by atoms with van der Waals surface area (Å²) in [4.78, 5) is 25.0. The molecule has 1 aromatic carbocycles. The van der Waals surface area contributed by atoms with Crippen LogP contribution in [0.5, 0.6) is 11.5 Å². The number of anilines is 1. The Morgan fingerprint density at radius 3 is 2.52 bits per heavy atom. The van der Waals surface area contributed by atoms with Crippen molar-refractivity contribution in [2.75, 3.05) is 19.0 Å². The van der Waals surface area contributed by atoms with Gasteiger partial charge < -0.3 is 20.1 Å². The number of hydrogen-bond acceptors (Lipinski definition) is 5. The predicted molar refractivity (Wildman–Crippen MR) is 103 cm³/mol. The molecule has 0 saturated heterocycles. The molecule has 0 aliphatic carbocycles. The number of benzene rings is 1. The number of alkyl halides is 2. The molecule has 0 atom stereocenters. The number of hydrogen-bond donors (Lipinski definition) is 2. The van der Waals surface area contributed by atoms with E-state index in [0.29, 0.717) is 13.1 Å². The summed E-state index contributed by atoms with van der Waals surface area (Å²) < 4.78 is 35.8. The summed E-state index contributed by atoms with van der Waals surface area (Å²) in [6.45, 7) is 3.73. The zero-order valence-electron chi connectivity index (χ0n) is 16.7. The summed E-state index contributed by atoms with van der Waals surface area (Å²) in [5.74, 6) is -0.907. The maximum atomic E-state index is 12.6. The average molecular weight is 410 g/mol. The highest BCUT2D eigenvalue weighted by molar-refractivity contribution is 6.08. The van der Waals surface area contributed by atoms with Crippen molar-refractivity contribution < 1.29 is 27.8 Å². The van der Waals surface area contributed by atoms with Crippen LogP contribution in [0.3, 0.4) is 0 Å². The molecule has 0 aliphatic rings. The first-order chi connectivity index (χ1) is 13.7. The zero-order chi connectivity index (χ0) is 21.6. The van der Waals surface area contributed by atoms with Crippen LogP contribution in [0.1, 0.15) is 41.6 Å². The van der Waals surface area contributed by atoms with Gasteiger partial charge in [-0.25, -0.2) is 0 Å². The first-order valence-electron chi connectivity index (χ1n) is 9.05. The van der Waals surface area contributed by atoms with Crippen molar-refractivity contribution in [3.05, 3.63) is 35.7 Å². The minimum Gasteiger partial charge on any atom is -0.493 e. The number of methoxy groups -OCH3 is 1. The molecule has 2 aromatic rings. The number of aryl methyl sites for hydroxylation is 1. The normalized spacial score (nSPS) is 10.9. The molecule has 2 N–H and O–H groups in total. The molecule has 8 nitrogen and oxygen atoms in total. The highest BCUT2D eigenvalue weighted by atomic mass is 19.3. The SMILES string of the molecule is CCn1cc(NC(=O)c2ccc(OC(F)F)c(OC)c2)c(C(=O)NCC(C)C)n1. The van der Waals surface area contributed by atoms with E-state index in [0.717, 1.165) is 0 Å². The number of amides is 2. The van der Waals surface area contributed by atoms with Gasteiger partial charge in [0.15, 0.2) is 17.2 Å². The predicted octanol–water partition coefficient (Wildman–Crippen LogP) is 3.15. The molecule has 0 fully saturated rings. The largest absolute Gasteiger partial charge is 0.493 e. The van der Waals surface area contributed by atoms with Crippen molar-refractivity contribution in [3.63, 3.8) is 0 Å². The van der Waals surface area contributed by atoms with Crippen LogP contribution in [0.25, 0.3) is 0 Å². The molecule has 0 bridgehead atoms. The third-order valence-electron chi connectivity index (χ3n) is 3.86. The van der Waals surface area contributed by atoms with E-state index < -0.39 is 18.4 Å². The van der Waals surface area contributed by atoms with Crippen molar-refractivity contribution >= 4 is 17.5 Å². The van der Waals surface area contributed by atoms with Gasteiger partial charge in [0.2, 0.25) is 0 Å². The van der Waals surface area contributed by atoms with Gasteiger partial charge in [-0.2, -0.15) is 13.9 Å². The van der Waals surface area contributed by atoms with Gasteiger partial charge in [0.1, 0.15) is 0 Å². The van der Waals surface area contributed by atoms with E-state index in [1.54, 1.807) is 6.20 Å². The first kappa shape index (κ1) is 22.1. The molecule has 0 unspecified atom stereocenters. The van der Waals surface area contributed by atoms with Crippen LogP contribution < -0.4 is 20.1 Å². The van der Waals surface area contributed by atoms with E-state index in [2.05, 4.69) is 20.5 Å². The molecule has 0 radical (unpaired) electrons. The lowest BCUT2D eigenvalue weighted by Gasteiger charge is -2.11. The Kier molecular flexibility index (Phi) is 7.52. The maximum Gasteiger partial charge on any atom is 0.387 e. The quantitative estimate of drug-likeness (QED) is 0.662. The zero-order valence-corrected chi connectivity index (χ0v) is 16.7. The molecule has 0 spiro atoms. The van der Waals surface area contributed by atoms with Crippen LogP contribution in [-0.4, -0.2) is 41.9 Å². The van der Waals surface area contributed by atoms with E-state index in [1.165, 1.54) is 30.0 Å². The van der Waals surface area contributed by atoms with Crippen molar-refractivity contribution in [2.45, 2.75) is 33.9 Å². The molecule has 158 valence electrons. The van der Waals surface area contributed by atoms with Gasteiger partial charge in [-0.1, -0.05) is 13.8 Å². The van der Waals surface area contributed by atoms with Crippen LogP contribution in [0.2, 0.25) is 0 Å². The van der Waals surface area contributed by atoms with Crippen molar-refractivity contribution in [1.29, 1.82) is 0 Å². The van der Waals surface area contributed by atoms with Gasteiger partial charge in [0, 0.05) is 24.8 Å². The maximum absolute atomic E-state index is 12.6. The molecule has 2 amide bonds. The highest BCUT2D eigenvalue weighted by Crippen LogP contribution is 2.30. The molecular formula is C19H24F2N4O4. The lowest BCUT2D eigenvalue weighted by Crippen LogP contribution is -2.28. The molecule has 2 rings (SSSR count). The third kappa shape index (κ3) is 5.90. The number of ether oxygens (including phenoxy) is 2. The smallest absolute Gasteiger partial charge is 0.387 e. The Labute approximate surface area is 167 Å². The van der Waals surface area contributed by atoms with E-state index in [9.17, 15) is 18.4 Å². The number of aromatic nitrogens is 2. The second-order valence-corrected chi connectivity index (χ2v) is 6.55. The molecular weight excluding hydrogens is 386 g/mol.